The van der Waals surface area contributed by atoms with Gasteiger partial charge in [-0.05, 0) is 33.0 Å². The molecule has 2 N–H and O–H groups in total. The number of aryl methyl sites for hydroxylation is 1. The van der Waals surface area contributed by atoms with Crippen LogP contribution >= 0.6 is 12.2 Å². The second kappa shape index (κ2) is 5.06. The Labute approximate surface area is 95.3 Å². The molecule has 1 aromatic heterocycles. The van der Waals surface area contributed by atoms with Crippen LogP contribution in [0.4, 0.5) is 0 Å². The third-order valence-electron chi connectivity index (χ3n) is 1.90. The van der Waals surface area contributed by atoms with Gasteiger partial charge in [-0.2, -0.15) is 0 Å². The normalized spacial score (nSPS) is 12.6. The molecule has 1 atom stereocenters. The van der Waals surface area contributed by atoms with Gasteiger partial charge in [0.25, 0.3) is 0 Å². The van der Waals surface area contributed by atoms with Crippen molar-refractivity contribution in [2.45, 2.75) is 32.9 Å². The van der Waals surface area contributed by atoms with E-state index in [4.69, 9.17) is 12.2 Å². The Bertz CT molecular complexity index is 333. The third-order valence-corrected chi connectivity index (χ3v) is 2.14. The molecule has 1 unspecified atom stereocenters. The van der Waals surface area contributed by atoms with Gasteiger partial charge in [0.2, 0.25) is 0 Å². The number of hydrogen-bond acceptors (Lipinski definition) is 3. The van der Waals surface area contributed by atoms with Crippen LogP contribution in [-0.4, -0.2) is 25.9 Å². The zero-order chi connectivity index (χ0) is 11.4. The molecule has 0 aromatic carbocycles. The first kappa shape index (κ1) is 11.9. The van der Waals surface area contributed by atoms with Crippen LogP contribution < -0.4 is 10.6 Å². The number of nitrogens with one attached hydrogen (secondary N) is 2. The molecular formula is C9H17N5S. The third kappa shape index (κ3) is 3.47. The molecule has 0 fully saturated rings. The number of rotatable bonds is 3. The Morgan fingerprint density at radius 1 is 1.40 bits per heavy atom. The zero-order valence-electron chi connectivity index (χ0n) is 9.48. The number of hydrogen-bond donors (Lipinski definition) is 2. The number of thiocarbonyl (C=S) groups is 1. The summed E-state index contributed by atoms with van der Waals surface area (Å²) in [5.74, 6) is 0.864. The van der Waals surface area contributed by atoms with Gasteiger partial charge in [-0.1, -0.05) is 0 Å². The SMILES string of the molecule is CC(C)NC(=S)NC(C)c1nncn1C. The lowest BCUT2D eigenvalue weighted by molar-refractivity contribution is 0.607. The lowest BCUT2D eigenvalue weighted by atomic mass is 10.3. The molecule has 1 rings (SSSR count). The summed E-state index contributed by atoms with van der Waals surface area (Å²) in [6, 6.07) is 0.382. The fraction of sp³-hybridized carbons (Fsp3) is 0.667. The largest absolute Gasteiger partial charge is 0.361 e. The van der Waals surface area contributed by atoms with Gasteiger partial charge < -0.3 is 15.2 Å². The smallest absolute Gasteiger partial charge is 0.167 e. The Morgan fingerprint density at radius 3 is 2.53 bits per heavy atom. The van der Waals surface area contributed by atoms with E-state index in [-0.39, 0.29) is 6.04 Å². The highest BCUT2D eigenvalue weighted by atomic mass is 32.1. The van der Waals surface area contributed by atoms with Crippen LogP contribution in [0.25, 0.3) is 0 Å². The molecule has 0 radical (unpaired) electrons. The first-order chi connectivity index (χ1) is 7.00. The first-order valence-electron chi connectivity index (χ1n) is 4.91. The van der Waals surface area contributed by atoms with E-state index in [0.717, 1.165) is 5.82 Å². The molecule has 0 saturated heterocycles. The molecule has 0 spiro atoms. The Kier molecular flexibility index (Phi) is 4.02. The average molecular weight is 227 g/mol. The van der Waals surface area contributed by atoms with E-state index >= 15 is 0 Å². The summed E-state index contributed by atoms with van der Waals surface area (Å²) < 4.78 is 1.87. The molecule has 5 nitrogen and oxygen atoms in total. The van der Waals surface area contributed by atoms with Gasteiger partial charge in [0.15, 0.2) is 10.9 Å². The summed E-state index contributed by atoms with van der Waals surface area (Å²) in [6.45, 7) is 6.08. The average Bonchev–Trinajstić information content (AvgIpc) is 2.49. The summed E-state index contributed by atoms with van der Waals surface area (Å²) in [5.41, 5.74) is 0. The fourth-order valence-corrected chi connectivity index (χ4v) is 1.66. The highest BCUT2D eigenvalue weighted by Gasteiger charge is 2.12. The fourth-order valence-electron chi connectivity index (χ4n) is 1.25. The van der Waals surface area contributed by atoms with Crippen molar-refractivity contribution < 1.29 is 0 Å². The zero-order valence-corrected chi connectivity index (χ0v) is 10.3. The minimum Gasteiger partial charge on any atom is -0.361 e. The first-order valence-corrected chi connectivity index (χ1v) is 5.32. The van der Waals surface area contributed by atoms with Crippen molar-refractivity contribution >= 4 is 17.3 Å². The predicted molar refractivity (Wildman–Crippen MR) is 63.4 cm³/mol. The monoisotopic (exact) mass is 227 g/mol. The molecule has 15 heavy (non-hydrogen) atoms. The molecular weight excluding hydrogens is 210 g/mol. The molecule has 0 aliphatic rings. The maximum atomic E-state index is 5.14. The van der Waals surface area contributed by atoms with E-state index in [0.29, 0.717) is 11.2 Å². The van der Waals surface area contributed by atoms with Crippen molar-refractivity contribution in [2.75, 3.05) is 0 Å². The standard InChI is InChI=1S/C9H17N5S/c1-6(2)11-9(15)12-7(3)8-13-10-5-14(8)4/h5-7H,1-4H3,(H2,11,12,15). The van der Waals surface area contributed by atoms with Crippen molar-refractivity contribution in [2.24, 2.45) is 7.05 Å². The van der Waals surface area contributed by atoms with Crippen LogP contribution in [0.3, 0.4) is 0 Å². The van der Waals surface area contributed by atoms with Crippen molar-refractivity contribution in [1.82, 2.24) is 25.4 Å². The summed E-state index contributed by atoms with van der Waals surface area (Å²) in [5, 5.41) is 14.7. The highest BCUT2D eigenvalue weighted by molar-refractivity contribution is 7.80. The minimum absolute atomic E-state index is 0.0521. The molecule has 0 saturated carbocycles. The van der Waals surface area contributed by atoms with Crippen molar-refractivity contribution in [3.8, 4) is 0 Å². The van der Waals surface area contributed by atoms with Gasteiger partial charge >= 0.3 is 0 Å². The molecule has 84 valence electrons. The van der Waals surface area contributed by atoms with Gasteiger partial charge in [0, 0.05) is 13.1 Å². The Hall–Kier alpha value is -1.17. The van der Waals surface area contributed by atoms with E-state index in [9.17, 15) is 0 Å². The van der Waals surface area contributed by atoms with Crippen molar-refractivity contribution in [3.63, 3.8) is 0 Å². The van der Waals surface area contributed by atoms with Crippen LogP contribution in [-0.2, 0) is 7.05 Å². The molecule has 1 aromatic rings. The van der Waals surface area contributed by atoms with Gasteiger partial charge in [-0.15, -0.1) is 10.2 Å². The van der Waals surface area contributed by atoms with Crippen LogP contribution in [0.2, 0.25) is 0 Å². The number of nitrogens with zero attached hydrogens (tertiary/aromatic N) is 3. The second-order valence-corrected chi connectivity index (χ2v) is 4.20. The summed E-state index contributed by atoms with van der Waals surface area (Å²) in [7, 11) is 1.91. The van der Waals surface area contributed by atoms with Gasteiger partial charge in [0.05, 0.1) is 6.04 Å². The molecule has 0 aliphatic carbocycles. The predicted octanol–water partition coefficient (Wildman–Crippen LogP) is 0.749. The van der Waals surface area contributed by atoms with Crippen LogP contribution in [0, 0.1) is 0 Å². The quantitative estimate of drug-likeness (QED) is 0.746. The molecule has 0 bridgehead atoms. The van der Waals surface area contributed by atoms with E-state index in [1.54, 1.807) is 6.33 Å². The Morgan fingerprint density at radius 2 is 2.07 bits per heavy atom. The summed E-state index contributed by atoms with van der Waals surface area (Å²) in [4.78, 5) is 0. The Balaban J connectivity index is 2.53. The topological polar surface area (TPSA) is 54.8 Å². The molecule has 1 heterocycles. The molecule has 0 aliphatic heterocycles. The lowest BCUT2D eigenvalue weighted by Crippen LogP contribution is -2.40. The maximum absolute atomic E-state index is 5.14. The molecule has 6 heteroatoms. The van der Waals surface area contributed by atoms with Gasteiger partial charge in [-0.3, -0.25) is 0 Å². The summed E-state index contributed by atoms with van der Waals surface area (Å²) in [6.07, 6.45) is 1.67. The van der Waals surface area contributed by atoms with Gasteiger partial charge in [0.1, 0.15) is 6.33 Å². The maximum Gasteiger partial charge on any atom is 0.167 e. The highest BCUT2D eigenvalue weighted by Crippen LogP contribution is 2.06. The van der Waals surface area contributed by atoms with Crippen molar-refractivity contribution in [3.05, 3.63) is 12.2 Å². The second-order valence-electron chi connectivity index (χ2n) is 3.79. The van der Waals surface area contributed by atoms with Crippen LogP contribution in [0.15, 0.2) is 6.33 Å². The van der Waals surface area contributed by atoms with Crippen LogP contribution in [0.1, 0.15) is 32.6 Å². The van der Waals surface area contributed by atoms with E-state index in [1.807, 2.05) is 32.4 Å². The van der Waals surface area contributed by atoms with Crippen LogP contribution in [0.5, 0.6) is 0 Å². The lowest BCUT2D eigenvalue weighted by Gasteiger charge is -2.17. The van der Waals surface area contributed by atoms with Gasteiger partial charge in [-0.25, -0.2) is 0 Å². The molecule has 0 amide bonds. The minimum atomic E-state index is 0.0521. The van der Waals surface area contributed by atoms with Crippen molar-refractivity contribution in [1.29, 1.82) is 0 Å². The summed E-state index contributed by atoms with van der Waals surface area (Å²) >= 11 is 5.14. The van der Waals surface area contributed by atoms with E-state index in [2.05, 4.69) is 20.8 Å². The van der Waals surface area contributed by atoms with E-state index < -0.39 is 0 Å². The van der Waals surface area contributed by atoms with E-state index in [1.165, 1.54) is 0 Å². The number of aromatic nitrogens is 3.